The van der Waals surface area contributed by atoms with Crippen LogP contribution in [0.25, 0.3) is 10.9 Å². The molecule has 3 aromatic rings. The van der Waals surface area contributed by atoms with Crippen LogP contribution in [0.15, 0.2) is 42.7 Å². The Hall–Kier alpha value is -5.05. The van der Waals surface area contributed by atoms with Crippen molar-refractivity contribution in [3.8, 4) is 0 Å². The molecule has 2 aliphatic heterocycles. The number of imide groups is 1. The number of anilines is 2. The van der Waals surface area contributed by atoms with Gasteiger partial charge in [-0.25, -0.2) is 19.3 Å². The first-order valence-corrected chi connectivity index (χ1v) is 18.6. The van der Waals surface area contributed by atoms with Gasteiger partial charge in [0, 0.05) is 37.4 Å². The number of carbonyl (C=O) groups excluding carboxylic acids is 5. The first-order valence-electron chi connectivity index (χ1n) is 18.6. The number of carbonyl (C=O) groups is 5. The molecule has 1 aromatic carbocycles. The molecule has 3 aliphatic rings. The summed E-state index contributed by atoms with van der Waals surface area (Å²) in [6.45, 7) is 14.8. The third kappa shape index (κ3) is 8.35. The maximum atomic E-state index is 14.1. The maximum absolute atomic E-state index is 14.1. The van der Waals surface area contributed by atoms with Crippen LogP contribution in [0.1, 0.15) is 105 Å². The first kappa shape index (κ1) is 38.7. The Kier molecular flexibility index (Phi) is 10.5. The minimum atomic E-state index is -1.02. The summed E-state index contributed by atoms with van der Waals surface area (Å²) in [5.74, 6) is -1.81. The van der Waals surface area contributed by atoms with E-state index in [9.17, 15) is 24.0 Å². The van der Waals surface area contributed by atoms with Crippen molar-refractivity contribution in [2.75, 3.05) is 29.9 Å². The summed E-state index contributed by atoms with van der Waals surface area (Å²) in [7, 11) is 0. The number of pyridine rings is 1. The van der Waals surface area contributed by atoms with Crippen LogP contribution >= 0.6 is 0 Å². The maximum Gasteiger partial charge on any atom is 0.425 e. The molecule has 2 aromatic heterocycles. The Morgan fingerprint density at radius 3 is 2.15 bits per heavy atom. The molecule has 1 N–H and O–H groups in total. The van der Waals surface area contributed by atoms with Crippen LogP contribution in [0.3, 0.4) is 0 Å². The zero-order valence-electron chi connectivity index (χ0n) is 32.4. The van der Waals surface area contributed by atoms with Crippen LogP contribution in [0, 0.1) is 5.41 Å². The summed E-state index contributed by atoms with van der Waals surface area (Å²) >= 11 is 0. The molecule has 1 unspecified atom stereocenters. The van der Waals surface area contributed by atoms with Gasteiger partial charge in [-0.1, -0.05) is 37.3 Å². The Bertz CT molecular complexity index is 1890. The van der Waals surface area contributed by atoms with Gasteiger partial charge in [0.15, 0.2) is 5.82 Å². The standard InChI is InChI=1S/C39H51N7O8/c1-24-21-44(28(25-14-10-9-11-15-25)23-43(24)34(49)39(8)17-18-39)33(48)32(47)41-27-20-40-31(26-22-45(42-30(26)27)29-16-12-13-19-52-29)46(35(50)53-37(2,3)4)36(51)54-38(5,6)7/h9-11,14-15,20,22,24,28-29H,12-13,16-19,21,23H2,1-8H3,(H,41,47)/t24-,28-,29?/m1/s1. The van der Waals surface area contributed by atoms with Crippen molar-refractivity contribution in [1.29, 1.82) is 0 Å². The lowest BCUT2D eigenvalue weighted by Crippen LogP contribution is -2.59. The van der Waals surface area contributed by atoms with Crippen LogP contribution in [-0.4, -0.2) is 91.4 Å². The summed E-state index contributed by atoms with van der Waals surface area (Å²) in [6, 6.07) is 8.47. The second-order valence-corrected chi connectivity index (χ2v) is 16.7. The van der Waals surface area contributed by atoms with E-state index in [1.165, 1.54) is 11.1 Å². The molecule has 1 aliphatic carbocycles. The molecule has 15 heteroatoms. The number of nitrogens with zero attached hydrogens (tertiary/aromatic N) is 6. The van der Waals surface area contributed by atoms with Crippen molar-refractivity contribution in [3.63, 3.8) is 0 Å². The van der Waals surface area contributed by atoms with Crippen LogP contribution in [0.4, 0.5) is 21.1 Å². The lowest BCUT2D eigenvalue weighted by molar-refractivity contribution is -0.153. The van der Waals surface area contributed by atoms with Gasteiger partial charge in [-0.2, -0.15) is 10.00 Å². The quantitative estimate of drug-likeness (QED) is 0.291. The van der Waals surface area contributed by atoms with Gasteiger partial charge >= 0.3 is 24.0 Å². The minimum Gasteiger partial charge on any atom is -0.443 e. The number of ether oxygens (including phenoxy) is 3. The monoisotopic (exact) mass is 745 g/mol. The van der Waals surface area contributed by atoms with Crippen molar-refractivity contribution >= 4 is 52.3 Å². The predicted molar refractivity (Wildman–Crippen MR) is 199 cm³/mol. The highest BCUT2D eigenvalue weighted by molar-refractivity contribution is 6.40. The lowest BCUT2D eigenvalue weighted by Gasteiger charge is -2.46. The molecule has 6 rings (SSSR count). The molecule has 5 amide bonds. The molecule has 0 radical (unpaired) electrons. The van der Waals surface area contributed by atoms with Gasteiger partial charge in [0.25, 0.3) is 0 Å². The van der Waals surface area contributed by atoms with Crippen LogP contribution in [0.5, 0.6) is 0 Å². The summed E-state index contributed by atoms with van der Waals surface area (Å²) in [5, 5.41) is 7.67. The number of piperazine rings is 1. The second kappa shape index (κ2) is 14.6. The molecule has 3 atom stereocenters. The largest absolute Gasteiger partial charge is 0.443 e. The molecule has 2 saturated heterocycles. The third-order valence-corrected chi connectivity index (χ3v) is 9.76. The van der Waals surface area contributed by atoms with Gasteiger partial charge in [-0.15, -0.1) is 0 Å². The van der Waals surface area contributed by atoms with Crippen LogP contribution < -0.4 is 10.2 Å². The number of rotatable bonds is 5. The first-order chi connectivity index (χ1) is 25.3. The zero-order chi connectivity index (χ0) is 39.2. The average molecular weight is 746 g/mol. The van der Waals surface area contributed by atoms with E-state index in [0.717, 1.165) is 31.2 Å². The molecule has 0 spiro atoms. The molecule has 290 valence electrons. The highest BCUT2D eigenvalue weighted by Crippen LogP contribution is 2.47. The van der Waals surface area contributed by atoms with Gasteiger partial charge in [0.1, 0.15) is 22.9 Å². The van der Waals surface area contributed by atoms with Crippen LogP contribution in [-0.2, 0) is 28.6 Å². The highest BCUT2D eigenvalue weighted by atomic mass is 16.6. The van der Waals surface area contributed by atoms with Crippen molar-refractivity contribution in [2.45, 2.75) is 117 Å². The summed E-state index contributed by atoms with van der Waals surface area (Å²) in [6.07, 6.45) is 4.44. The normalized spacial score (nSPS) is 21.3. The molecule has 3 fully saturated rings. The average Bonchev–Trinajstić information content (AvgIpc) is 3.69. The lowest BCUT2D eigenvalue weighted by atomic mass is 9.97. The SMILES string of the molecule is C[C@@H]1CN(C(=O)C(=O)Nc2cnc(N(C(=O)OC(C)(C)C)C(=O)OC(C)(C)C)c3cn(C4CCCCO4)nc23)[C@@H](c2ccccc2)CN1C(=O)C1(C)CC1. The molecule has 1 saturated carbocycles. The minimum absolute atomic E-state index is 0.0605. The molecular formula is C39H51N7O8. The summed E-state index contributed by atoms with van der Waals surface area (Å²) in [5.41, 5.74) is -1.28. The molecule has 54 heavy (non-hydrogen) atoms. The number of amides is 5. The van der Waals surface area contributed by atoms with E-state index in [-0.39, 0.29) is 47.4 Å². The van der Waals surface area contributed by atoms with Gasteiger partial charge in [-0.05, 0) is 86.1 Å². The van der Waals surface area contributed by atoms with E-state index in [2.05, 4.69) is 10.3 Å². The number of fused-ring (bicyclic) bond motifs is 1. The topological polar surface area (TPSA) is 166 Å². The van der Waals surface area contributed by atoms with Crippen molar-refractivity contribution in [3.05, 3.63) is 48.3 Å². The van der Waals surface area contributed by atoms with E-state index in [1.54, 1.807) is 52.4 Å². The fourth-order valence-corrected chi connectivity index (χ4v) is 6.72. The van der Waals surface area contributed by atoms with Gasteiger partial charge in [0.2, 0.25) is 5.91 Å². The van der Waals surface area contributed by atoms with E-state index in [0.29, 0.717) is 17.9 Å². The smallest absolute Gasteiger partial charge is 0.425 e. The van der Waals surface area contributed by atoms with Crippen LogP contribution in [0.2, 0.25) is 0 Å². The van der Waals surface area contributed by atoms with E-state index in [1.807, 2.05) is 49.1 Å². The Labute approximate surface area is 315 Å². The second-order valence-electron chi connectivity index (χ2n) is 16.7. The number of benzene rings is 1. The molecule has 15 nitrogen and oxygen atoms in total. The molecule has 0 bridgehead atoms. The fraction of sp³-hybridized carbons (Fsp3) is 0.564. The van der Waals surface area contributed by atoms with Crippen molar-refractivity contribution < 1.29 is 38.2 Å². The van der Waals surface area contributed by atoms with E-state index in [4.69, 9.17) is 19.3 Å². The number of nitrogens with one attached hydrogen (secondary N) is 1. The Balaban J connectivity index is 1.35. The van der Waals surface area contributed by atoms with Gasteiger partial charge in [0.05, 0.1) is 23.3 Å². The Morgan fingerprint density at radius 2 is 1.57 bits per heavy atom. The summed E-state index contributed by atoms with van der Waals surface area (Å²) in [4.78, 5) is 77.4. The highest BCUT2D eigenvalue weighted by Gasteiger charge is 2.50. The van der Waals surface area contributed by atoms with E-state index >= 15 is 0 Å². The number of aromatic nitrogens is 3. The van der Waals surface area contributed by atoms with Gasteiger partial charge < -0.3 is 29.3 Å². The predicted octanol–water partition coefficient (Wildman–Crippen LogP) is 6.35. The third-order valence-electron chi connectivity index (χ3n) is 9.76. The summed E-state index contributed by atoms with van der Waals surface area (Å²) < 4.78 is 18.8. The fourth-order valence-electron chi connectivity index (χ4n) is 6.72. The van der Waals surface area contributed by atoms with E-state index < -0.39 is 52.9 Å². The Morgan fingerprint density at radius 1 is 0.926 bits per heavy atom. The number of hydrogen-bond acceptors (Lipinski definition) is 10. The molecular weight excluding hydrogens is 694 g/mol. The molecule has 4 heterocycles. The van der Waals surface area contributed by atoms with Gasteiger partial charge in [-0.3, -0.25) is 14.4 Å². The zero-order valence-corrected chi connectivity index (χ0v) is 32.4. The number of hydrogen-bond donors (Lipinski definition) is 1. The van der Waals surface area contributed by atoms with Crippen molar-refractivity contribution in [2.24, 2.45) is 5.41 Å². The van der Waals surface area contributed by atoms with Crippen molar-refractivity contribution in [1.82, 2.24) is 24.6 Å².